The van der Waals surface area contributed by atoms with E-state index in [-0.39, 0.29) is 25.0 Å². The number of carbonyl (C=O) groups excluding carboxylic acids is 2. The van der Waals surface area contributed by atoms with Gasteiger partial charge in [0.25, 0.3) is 0 Å². The minimum Gasteiger partial charge on any atom is -0.467 e. The summed E-state index contributed by atoms with van der Waals surface area (Å²) in [5.74, 6) is 0.0589. The first-order chi connectivity index (χ1) is 15.0. The topological polar surface area (TPSA) is 80.9 Å². The molecular weight excluding hydrogens is 443 g/mol. The number of esters is 1. The van der Waals surface area contributed by atoms with Gasteiger partial charge in [0.1, 0.15) is 11.9 Å². The molecule has 0 saturated heterocycles. The predicted molar refractivity (Wildman–Crippen MR) is 115 cm³/mol. The number of amides is 1. The molecule has 0 aliphatic carbocycles. The van der Waals surface area contributed by atoms with Crippen LogP contribution in [0.1, 0.15) is 22.9 Å². The lowest BCUT2D eigenvalue weighted by atomic mass is 9.87. The maximum absolute atomic E-state index is 13.0. The molecule has 5 rings (SSSR count). The zero-order chi connectivity index (χ0) is 21.7. The van der Waals surface area contributed by atoms with Gasteiger partial charge < -0.3 is 24.1 Å². The average molecular weight is 461 g/mol. The molecule has 0 radical (unpaired) electrons. The Morgan fingerprint density at radius 2 is 2.00 bits per heavy atom. The number of alkyl halides is 1. The Balaban J connectivity index is 1.76. The van der Waals surface area contributed by atoms with Crippen molar-refractivity contribution in [2.24, 2.45) is 0 Å². The Bertz CT molecular complexity index is 1210. The second-order valence-electron chi connectivity index (χ2n) is 7.40. The van der Waals surface area contributed by atoms with E-state index in [4.69, 9.17) is 37.4 Å². The Labute approximate surface area is 187 Å². The minimum atomic E-state index is -0.836. The van der Waals surface area contributed by atoms with Gasteiger partial charge in [-0.05, 0) is 41.5 Å². The van der Waals surface area contributed by atoms with Crippen LogP contribution in [-0.2, 0) is 20.7 Å². The van der Waals surface area contributed by atoms with Gasteiger partial charge in [0.15, 0.2) is 11.5 Å². The molecular formula is C22H18Cl2N2O5. The lowest BCUT2D eigenvalue weighted by Crippen LogP contribution is -2.52. The summed E-state index contributed by atoms with van der Waals surface area (Å²) in [5.41, 5.74) is 3.34. The van der Waals surface area contributed by atoms with E-state index < -0.39 is 18.1 Å². The highest BCUT2D eigenvalue weighted by molar-refractivity contribution is 6.31. The summed E-state index contributed by atoms with van der Waals surface area (Å²) in [4.78, 5) is 30.7. The third-order valence-electron chi connectivity index (χ3n) is 5.77. The van der Waals surface area contributed by atoms with Crippen LogP contribution < -0.4 is 9.47 Å². The fourth-order valence-corrected chi connectivity index (χ4v) is 4.75. The lowest BCUT2D eigenvalue weighted by Gasteiger charge is -2.40. The summed E-state index contributed by atoms with van der Waals surface area (Å²) in [7, 11) is 1.31. The van der Waals surface area contributed by atoms with E-state index in [1.165, 1.54) is 12.0 Å². The first-order valence-electron chi connectivity index (χ1n) is 9.66. The van der Waals surface area contributed by atoms with Crippen molar-refractivity contribution < 1.29 is 23.8 Å². The highest BCUT2D eigenvalue weighted by atomic mass is 35.5. The molecule has 1 N–H and O–H groups in total. The van der Waals surface area contributed by atoms with Crippen LogP contribution in [0.25, 0.3) is 10.9 Å². The van der Waals surface area contributed by atoms with Crippen LogP contribution in [0.5, 0.6) is 11.5 Å². The van der Waals surface area contributed by atoms with E-state index in [1.807, 2.05) is 24.3 Å². The summed E-state index contributed by atoms with van der Waals surface area (Å²) in [6.45, 7) is 0.134. The normalized spacial score (nSPS) is 19.4. The zero-order valence-electron chi connectivity index (χ0n) is 16.5. The van der Waals surface area contributed by atoms with Gasteiger partial charge in [-0.25, -0.2) is 4.79 Å². The maximum Gasteiger partial charge on any atom is 0.328 e. The number of aromatic amines is 1. The van der Waals surface area contributed by atoms with Gasteiger partial charge in [0.05, 0.1) is 13.2 Å². The number of aromatic nitrogens is 1. The Kier molecular flexibility index (Phi) is 4.95. The van der Waals surface area contributed by atoms with E-state index in [2.05, 4.69) is 4.98 Å². The van der Waals surface area contributed by atoms with Crippen LogP contribution in [0.4, 0.5) is 0 Å². The molecule has 31 heavy (non-hydrogen) atoms. The number of nitrogens with one attached hydrogen (secondary N) is 1. The number of ether oxygens (including phenoxy) is 3. The van der Waals surface area contributed by atoms with Gasteiger partial charge in [-0.2, -0.15) is 0 Å². The van der Waals surface area contributed by atoms with Crippen molar-refractivity contribution in [3.8, 4) is 11.5 Å². The number of rotatable bonds is 3. The first-order valence-corrected chi connectivity index (χ1v) is 10.6. The molecule has 2 aliphatic heterocycles. The molecule has 9 heteroatoms. The fraction of sp³-hybridized carbons (Fsp3) is 0.273. The molecule has 7 nitrogen and oxygen atoms in total. The molecule has 2 atom stereocenters. The van der Waals surface area contributed by atoms with Crippen molar-refractivity contribution in [2.75, 3.05) is 19.8 Å². The highest BCUT2D eigenvalue weighted by Crippen LogP contribution is 2.44. The number of hydrogen-bond acceptors (Lipinski definition) is 5. The predicted octanol–water partition coefficient (Wildman–Crippen LogP) is 3.80. The monoisotopic (exact) mass is 460 g/mol. The number of nitrogens with zero attached hydrogens (tertiary/aromatic N) is 1. The van der Waals surface area contributed by atoms with Gasteiger partial charge in [-0.15, -0.1) is 11.6 Å². The van der Waals surface area contributed by atoms with Crippen molar-refractivity contribution in [2.45, 2.75) is 18.5 Å². The number of carbonyl (C=O) groups is 2. The first kappa shape index (κ1) is 20.0. The molecule has 3 aromatic rings. The molecule has 2 unspecified atom stereocenters. The van der Waals surface area contributed by atoms with Crippen LogP contribution in [0, 0.1) is 0 Å². The number of fused-ring (bicyclic) bond motifs is 4. The fourth-order valence-electron chi connectivity index (χ4n) is 4.44. The van der Waals surface area contributed by atoms with Crippen LogP contribution in [0.2, 0.25) is 5.02 Å². The van der Waals surface area contributed by atoms with Crippen molar-refractivity contribution in [1.82, 2.24) is 9.88 Å². The average Bonchev–Trinajstić information content (AvgIpc) is 3.40. The summed E-state index contributed by atoms with van der Waals surface area (Å²) >= 11 is 12.2. The highest BCUT2D eigenvalue weighted by Gasteiger charge is 2.44. The van der Waals surface area contributed by atoms with Gasteiger partial charge in [0, 0.05) is 28.0 Å². The summed E-state index contributed by atoms with van der Waals surface area (Å²) in [6, 6.07) is 9.57. The molecule has 0 spiro atoms. The van der Waals surface area contributed by atoms with Crippen molar-refractivity contribution in [1.29, 1.82) is 0 Å². The number of halogens is 2. The standard InChI is InChI=1S/C22H18Cl2N2O5/c1-29-22(28)16-8-14-13-7-12(24)3-4-15(13)25-20(14)21(26(16)19(27)9-23)11-2-5-17-18(6-11)31-10-30-17/h2-7,16,21,25H,8-10H2,1H3. The largest absolute Gasteiger partial charge is 0.467 e. The zero-order valence-corrected chi connectivity index (χ0v) is 18.0. The van der Waals surface area contributed by atoms with Crippen molar-refractivity contribution in [3.63, 3.8) is 0 Å². The van der Waals surface area contributed by atoms with Crippen LogP contribution in [0.3, 0.4) is 0 Å². The molecule has 3 heterocycles. The molecule has 2 aromatic carbocycles. The van der Waals surface area contributed by atoms with E-state index >= 15 is 0 Å². The Morgan fingerprint density at radius 3 is 2.77 bits per heavy atom. The lowest BCUT2D eigenvalue weighted by molar-refractivity contribution is -0.154. The van der Waals surface area contributed by atoms with Gasteiger partial charge in [-0.1, -0.05) is 17.7 Å². The second kappa shape index (κ2) is 7.66. The van der Waals surface area contributed by atoms with Crippen LogP contribution in [0.15, 0.2) is 36.4 Å². The summed E-state index contributed by atoms with van der Waals surface area (Å²) in [6.07, 6.45) is 0.284. The number of methoxy groups -OCH3 is 1. The van der Waals surface area contributed by atoms with Gasteiger partial charge >= 0.3 is 5.97 Å². The Morgan fingerprint density at radius 1 is 1.19 bits per heavy atom. The summed E-state index contributed by atoms with van der Waals surface area (Å²) in [5, 5.41) is 1.49. The second-order valence-corrected chi connectivity index (χ2v) is 8.10. The smallest absolute Gasteiger partial charge is 0.328 e. The Hall–Kier alpha value is -2.90. The van der Waals surface area contributed by atoms with E-state index in [0.717, 1.165) is 27.7 Å². The molecule has 0 fully saturated rings. The molecule has 160 valence electrons. The number of hydrogen-bond donors (Lipinski definition) is 1. The van der Waals surface area contributed by atoms with Crippen LogP contribution >= 0.6 is 23.2 Å². The summed E-state index contributed by atoms with van der Waals surface area (Å²) < 4.78 is 16.0. The quantitative estimate of drug-likeness (QED) is 0.474. The molecule has 0 bridgehead atoms. The molecule has 2 aliphatic rings. The number of benzene rings is 2. The molecule has 1 aromatic heterocycles. The third kappa shape index (κ3) is 3.20. The molecule has 1 amide bonds. The van der Waals surface area contributed by atoms with E-state index in [1.54, 1.807) is 12.1 Å². The van der Waals surface area contributed by atoms with Gasteiger partial charge in [-0.3, -0.25) is 4.79 Å². The van der Waals surface area contributed by atoms with Gasteiger partial charge in [0.2, 0.25) is 12.7 Å². The maximum atomic E-state index is 13.0. The third-order valence-corrected chi connectivity index (χ3v) is 6.24. The molecule has 0 saturated carbocycles. The van der Waals surface area contributed by atoms with Crippen molar-refractivity contribution >= 4 is 46.0 Å². The number of H-pyrrole nitrogens is 1. The van der Waals surface area contributed by atoms with E-state index in [9.17, 15) is 9.59 Å². The SMILES string of the molecule is COC(=O)C1Cc2c([nH]c3ccc(Cl)cc23)C(c2ccc3c(c2)OCO3)N1C(=O)CCl. The van der Waals surface area contributed by atoms with Crippen LogP contribution in [-0.4, -0.2) is 47.6 Å². The van der Waals surface area contributed by atoms with E-state index in [0.29, 0.717) is 16.5 Å². The minimum absolute atomic E-state index is 0.134. The van der Waals surface area contributed by atoms with Crippen molar-refractivity contribution in [3.05, 3.63) is 58.2 Å².